The van der Waals surface area contributed by atoms with Crippen LogP contribution in [0.15, 0.2) is 54.9 Å². The number of hydrogen-bond donors (Lipinski definition) is 2. The number of fused-ring (bicyclic) bond motifs is 1. The van der Waals surface area contributed by atoms with Gasteiger partial charge in [0.05, 0.1) is 17.8 Å². The van der Waals surface area contributed by atoms with E-state index in [4.69, 9.17) is 9.97 Å². The number of piperidine rings is 1. The van der Waals surface area contributed by atoms with Gasteiger partial charge in [-0.25, -0.2) is 9.97 Å². The number of imide groups is 1. The molecule has 4 aromatic rings. The number of piperazine rings is 1. The fourth-order valence-electron chi connectivity index (χ4n) is 8.24. The number of rotatable bonds is 10. The molecular formula is C39H48N10O3. The number of carbonyl (C=O) groups is 3. The van der Waals surface area contributed by atoms with Crippen LogP contribution in [-0.2, 0) is 9.59 Å². The molecule has 1 atom stereocenters. The molecule has 3 amide bonds. The first-order valence-corrected chi connectivity index (χ1v) is 18.8. The summed E-state index contributed by atoms with van der Waals surface area (Å²) in [5.41, 5.74) is 4.75. The number of carbonyl (C=O) groups excluding carboxylic acids is 3. The van der Waals surface area contributed by atoms with Gasteiger partial charge in [-0.15, -0.1) is 0 Å². The molecule has 13 heteroatoms. The number of nitrogens with zero attached hydrogens (tertiary/aromatic N) is 8. The molecule has 1 aromatic carbocycles. The van der Waals surface area contributed by atoms with E-state index in [-0.39, 0.29) is 29.7 Å². The highest BCUT2D eigenvalue weighted by Crippen LogP contribution is 2.35. The van der Waals surface area contributed by atoms with Crippen molar-refractivity contribution in [2.75, 3.05) is 75.0 Å². The van der Waals surface area contributed by atoms with Crippen LogP contribution in [0, 0.1) is 5.92 Å². The van der Waals surface area contributed by atoms with Gasteiger partial charge in [-0.05, 0) is 74.0 Å². The molecular weight excluding hydrogens is 656 g/mol. The second-order valence-electron chi connectivity index (χ2n) is 15.0. The number of hydrogen-bond acceptors (Lipinski definition) is 10. The molecule has 0 spiro atoms. The minimum atomic E-state index is -0.233. The van der Waals surface area contributed by atoms with Gasteiger partial charge in [-0.1, -0.05) is 25.0 Å². The van der Waals surface area contributed by atoms with Gasteiger partial charge >= 0.3 is 0 Å². The molecule has 3 aliphatic heterocycles. The van der Waals surface area contributed by atoms with E-state index in [1.165, 1.54) is 12.1 Å². The van der Waals surface area contributed by atoms with E-state index in [1.807, 2.05) is 30.5 Å². The fraction of sp³-hybridized carbons (Fsp3) is 0.487. The lowest BCUT2D eigenvalue weighted by Gasteiger charge is -2.43. The minimum absolute atomic E-state index is 0.0169. The molecule has 4 fully saturated rings. The summed E-state index contributed by atoms with van der Waals surface area (Å²) in [4.78, 5) is 59.9. The SMILES string of the molecule is CN(C)C(=O)c1cc2cnc(Nc3ccc(N4CCN(CCC5CN(c6ccc(C7CCC(=O)NC7=O)cc6)C5)CC4)cn3)nc2n1C1CCCC1. The maximum absolute atomic E-state index is 13.0. The average molecular weight is 705 g/mol. The van der Waals surface area contributed by atoms with E-state index >= 15 is 0 Å². The molecule has 272 valence electrons. The van der Waals surface area contributed by atoms with Gasteiger partial charge in [-0.3, -0.25) is 24.6 Å². The average Bonchev–Trinajstić information content (AvgIpc) is 3.80. The van der Waals surface area contributed by atoms with Crippen LogP contribution in [-0.4, -0.2) is 107 Å². The van der Waals surface area contributed by atoms with Crippen molar-refractivity contribution in [1.82, 2.24) is 34.6 Å². The Kier molecular flexibility index (Phi) is 9.52. The summed E-state index contributed by atoms with van der Waals surface area (Å²) in [7, 11) is 3.57. The highest BCUT2D eigenvalue weighted by atomic mass is 16.2. The summed E-state index contributed by atoms with van der Waals surface area (Å²) in [6.45, 7) is 7.24. The number of benzene rings is 1. The second-order valence-corrected chi connectivity index (χ2v) is 15.0. The quantitative estimate of drug-likeness (QED) is 0.227. The van der Waals surface area contributed by atoms with Crippen molar-refractivity contribution in [3.63, 3.8) is 0 Å². The summed E-state index contributed by atoms with van der Waals surface area (Å²) in [6.07, 6.45) is 10.3. The normalized spacial score (nSPS) is 20.3. The lowest BCUT2D eigenvalue weighted by molar-refractivity contribution is -0.134. The Morgan fingerprint density at radius 2 is 1.65 bits per heavy atom. The molecule has 3 saturated heterocycles. The first kappa shape index (κ1) is 34.1. The Balaban J connectivity index is 0.800. The van der Waals surface area contributed by atoms with Crippen molar-refractivity contribution < 1.29 is 14.4 Å². The predicted octanol–water partition coefficient (Wildman–Crippen LogP) is 4.56. The minimum Gasteiger partial charge on any atom is -0.371 e. The highest BCUT2D eigenvalue weighted by molar-refractivity contribution is 6.01. The Hall–Kier alpha value is -5.04. The van der Waals surface area contributed by atoms with Crippen molar-refractivity contribution >= 4 is 51.9 Å². The van der Waals surface area contributed by atoms with Crippen LogP contribution < -0.4 is 20.4 Å². The summed E-state index contributed by atoms with van der Waals surface area (Å²) in [6, 6.07) is 14.6. The molecule has 52 heavy (non-hydrogen) atoms. The standard InChI is InChI=1S/C39H48N10O3/c1-45(2)38(52)33-21-28-22-41-39(44-36(28)49(33)30-5-3-4-6-30)42-34-13-11-31(23-40-34)47-19-17-46(18-20-47)16-15-26-24-48(25-26)29-9-7-27(8-10-29)32-12-14-35(50)43-37(32)51/h7-11,13,21-23,26,30,32H,3-6,12,14-20,24-25H2,1-2H3,(H,43,50,51)(H,40,41,42,44). The van der Waals surface area contributed by atoms with Gasteiger partial charge in [0.2, 0.25) is 17.8 Å². The van der Waals surface area contributed by atoms with Gasteiger partial charge in [0.25, 0.3) is 5.91 Å². The van der Waals surface area contributed by atoms with Gasteiger partial charge in [0, 0.05) is 83.1 Å². The largest absolute Gasteiger partial charge is 0.371 e. The van der Waals surface area contributed by atoms with E-state index in [9.17, 15) is 14.4 Å². The van der Waals surface area contributed by atoms with Crippen molar-refractivity contribution in [1.29, 1.82) is 0 Å². The molecule has 1 saturated carbocycles. The van der Waals surface area contributed by atoms with Gasteiger partial charge in [-0.2, -0.15) is 4.98 Å². The maximum Gasteiger partial charge on any atom is 0.270 e. The highest BCUT2D eigenvalue weighted by Gasteiger charge is 2.31. The van der Waals surface area contributed by atoms with Crippen molar-refractivity contribution in [2.45, 2.75) is 56.9 Å². The molecule has 0 radical (unpaired) electrons. The number of pyridine rings is 1. The van der Waals surface area contributed by atoms with Crippen LogP contribution >= 0.6 is 0 Å². The van der Waals surface area contributed by atoms with Crippen LogP contribution in [0.5, 0.6) is 0 Å². The molecule has 8 rings (SSSR count). The van der Waals surface area contributed by atoms with E-state index in [2.05, 4.69) is 53.1 Å². The Bertz CT molecular complexity index is 1920. The summed E-state index contributed by atoms with van der Waals surface area (Å²) >= 11 is 0. The molecule has 1 aliphatic carbocycles. The predicted molar refractivity (Wildman–Crippen MR) is 201 cm³/mol. The summed E-state index contributed by atoms with van der Waals surface area (Å²) in [5, 5.41) is 6.62. The molecule has 3 aromatic heterocycles. The summed E-state index contributed by atoms with van der Waals surface area (Å²) < 4.78 is 2.13. The van der Waals surface area contributed by atoms with Gasteiger partial charge in [0.15, 0.2) is 0 Å². The zero-order valence-electron chi connectivity index (χ0n) is 30.1. The van der Waals surface area contributed by atoms with E-state index < -0.39 is 0 Å². The van der Waals surface area contributed by atoms with Crippen LogP contribution in [0.25, 0.3) is 11.0 Å². The molecule has 13 nitrogen and oxygen atoms in total. The van der Waals surface area contributed by atoms with Gasteiger partial charge in [0.1, 0.15) is 17.2 Å². The smallest absolute Gasteiger partial charge is 0.270 e. The van der Waals surface area contributed by atoms with Crippen LogP contribution in [0.2, 0.25) is 0 Å². The van der Waals surface area contributed by atoms with E-state index in [0.29, 0.717) is 36.2 Å². The molecule has 1 unspecified atom stereocenters. The van der Waals surface area contributed by atoms with E-state index in [1.54, 1.807) is 25.2 Å². The van der Waals surface area contributed by atoms with Crippen LogP contribution in [0.3, 0.4) is 0 Å². The Morgan fingerprint density at radius 3 is 2.35 bits per heavy atom. The zero-order chi connectivity index (χ0) is 35.8. The molecule has 6 heterocycles. The number of aromatic nitrogens is 4. The number of amides is 3. The topological polar surface area (TPSA) is 132 Å². The Morgan fingerprint density at radius 1 is 0.904 bits per heavy atom. The third-order valence-electron chi connectivity index (χ3n) is 11.3. The first-order valence-electron chi connectivity index (χ1n) is 18.8. The molecule has 4 aliphatic rings. The fourth-order valence-corrected chi connectivity index (χ4v) is 8.24. The van der Waals surface area contributed by atoms with Crippen molar-refractivity contribution in [3.05, 3.63) is 66.1 Å². The number of anilines is 4. The van der Waals surface area contributed by atoms with Crippen molar-refractivity contribution in [2.24, 2.45) is 5.92 Å². The Labute approximate surface area is 304 Å². The maximum atomic E-state index is 13.0. The zero-order valence-corrected chi connectivity index (χ0v) is 30.1. The molecule has 2 N–H and O–H groups in total. The third kappa shape index (κ3) is 7.06. The van der Waals surface area contributed by atoms with Gasteiger partial charge < -0.3 is 24.6 Å². The first-order chi connectivity index (χ1) is 25.3. The second kappa shape index (κ2) is 14.5. The summed E-state index contributed by atoms with van der Waals surface area (Å²) in [5.74, 6) is 1.24. The van der Waals surface area contributed by atoms with Crippen molar-refractivity contribution in [3.8, 4) is 0 Å². The lowest BCUT2D eigenvalue weighted by atomic mass is 9.90. The van der Waals surface area contributed by atoms with Crippen LogP contribution in [0.1, 0.15) is 73.0 Å². The number of nitrogens with one attached hydrogen (secondary N) is 2. The third-order valence-corrected chi connectivity index (χ3v) is 11.3. The lowest BCUT2D eigenvalue weighted by Crippen LogP contribution is -2.50. The van der Waals surface area contributed by atoms with E-state index in [0.717, 1.165) is 93.8 Å². The monoisotopic (exact) mass is 704 g/mol. The van der Waals surface area contributed by atoms with Crippen LogP contribution in [0.4, 0.5) is 23.1 Å². The molecule has 0 bridgehead atoms.